The lowest BCUT2D eigenvalue weighted by atomic mass is 9.74. The van der Waals surface area contributed by atoms with Crippen LogP contribution in [0.5, 0.6) is 0 Å². The monoisotopic (exact) mass is 441 g/mol. The average Bonchev–Trinajstić information content (AvgIpc) is 3.28. The van der Waals surface area contributed by atoms with E-state index in [9.17, 15) is 27.9 Å². The van der Waals surface area contributed by atoms with Gasteiger partial charge in [-0.25, -0.2) is 22.5 Å². The minimum Gasteiger partial charge on any atom is -0.382 e. The minimum atomic E-state index is -3.38. The Kier molecular flexibility index (Phi) is 4.64. The van der Waals surface area contributed by atoms with Gasteiger partial charge in [0.15, 0.2) is 0 Å². The number of aromatic nitrogens is 2. The molecule has 0 amide bonds. The lowest BCUT2D eigenvalue weighted by Gasteiger charge is -2.31. The molecule has 2 aromatic carbocycles. The van der Waals surface area contributed by atoms with E-state index in [0.29, 0.717) is 22.5 Å². The molecule has 0 unspecified atom stereocenters. The molecular weight excluding hydrogens is 422 g/mol. The van der Waals surface area contributed by atoms with Crippen molar-refractivity contribution in [1.82, 2.24) is 9.55 Å². The second-order valence-electron chi connectivity index (χ2n) is 8.46. The molecule has 2 aliphatic rings. The number of aliphatic hydroxyl groups is 1. The molecule has 2 aliphatic carbocycles. The molecule has 1 aromatic heterocycles. The number of hydrogen-bond acceptors (Lipinski definition) is 3. The fourth-order valence-corrected chi connectivity index (χ4v) is 5.18. The first kappa shape index (κ1) is 20.7. The van der Waals surface area contributed by atoms with Gasteiger partial charge in [-0.15, -0.1) is 0 Å². The zero-order valence-electron chi connectivity index (χ0n) is 17.1. The van der Waals surface area contributed by atoms with E-state index in [4.69, 9.17) is 0 Å². The standard InChI is InChI=1S/C24H19F4N3O/c1-31-7-6-30-23(31)16-3-2-14(18-10-24(27,28)22(32)21(16)18)15-4-5-19(26)17-9-13(25)8-12(11-29)20(15)17/h2-3,6-9,15,19,22,32H,4-5,10H2,1H3/t15-,19+,22+/m1/s1. The lowest BCUT2D eigenvalue weighted by molar-refractivity contribution is -0.0966. The summed E-state index contributed by atoms with van der Waals surface area (Å²) in [5, 5.41) is 20.1. The van der Waals surface area contributed by atoms with Crippen LogP contribution in [-0.2, 0) is 13.5 Å². The highest BCUT2D eigenvalue weighted by Crippen LogP contribution is 2.52. The Morgan fingerprint density at radius 2 is 1.97 bits per heavy atom. The fourth-order valence-electron chi connectivity index (χ4n) is 5.18. The summed E-state index contributed by atoms with van der Waals surface area (Å²) in [4.78, 5) is 4.24. The van der Waals surface area contributed by atoms with Crippen molar-refractivity contribution in [3.8, 4) is 17.5 Å². The van der Waals surface area contributed by atoms with Crippen LogP contribution in [0, 0.1) is 17.1 Å². The zero-order chi connectivity index (χ0) is 22.8. The third-order valence-corrected chi connectivity index (χ3v) is 6.61. The van der Waals surface area contributed by atoms with Crippen LogP contribution in [0.2, 0.25) is 0 Å². The van der Waals surface area contributed by atoms with Crippen molar-refractivity contribution in [1.29, 1.82) is 5.26 Å². The van der Waals surface area contributed by atoms with E-state index in [1.807, 2.05) is 6.07 Å². The van der Waals surface area contributed by atoms with Crippen molar-refractivity contribution in [2.75, 3.05) is 0 Å². The molecule has 0 radical (unpaired) electrons. The van der Waals surface area contributed by atoms with Gasteiger partial charge in [0.05, 0.1) is 11.6 Å². The molecule has 164 valence electrons. The third kappa shape index (κ3) is 2.95. The van der Waals surface area contributed by atoms with Crippen LogP contribution in [0.15, 0.2) is 36.7 Å². The quantitative estimate of drug-likeness (QED) is 0.552. The number of nitriles is 1. The number of alkyl halides is 3. The van der Waals surface area contributed by atoms with E-state index in [0.717, 1.165) is 12.1 Å². The van der Waals surface area contributed by atoms with Crippen LogP contribution in [0.25, 0.3) is 11.4 Å². The molecule has 3 aromatic rings. The minimum absolute atomic E-state index is 0.000386. The van der Waals surface area contributed by atoms with Crippen LogP contribution in [0.1, 0.15) is 64.4 Å². The van der Waals surface area contributed by atoms with Gasteiger partial charge in [-0.2, -0.15) is 5.26 Å². The lowest BCUT2D eigenvalue weighted by Crippen LogP contribution is -2.22. The molecule has 1 heterocycles. The average molecular weight is 441 g/mol. The Bertz CT molecular complexity index is 1280. The summed E-state index contributed by atoms with van der Waals surface area (Å²) in [7, 11) is 1.73. The molecule has 0 spiro atoms. The number of aliphatic hydroxyl groups excluding tert-OH is 1. The van der Waals surface area contributed by atoms with Crippen LogP contribution >= 0.6 is 0 Å². The van der Waals surface area contributed by atoms with Crippen molar-refractivity contribution in [3.63, 3.8) is 0 Å². The van der Waals surface area contributed by atoms with E-state index in [1.165, 1.54) is 0 Å². The van der Waals surface area contributed by atoms with Gasteiger partial charge in [-0.05, 0) is 47.2 Å². The summed E-state index contributed by atoms with van der Waals surface area (Å²) in [6.07, 6.45) is -0.528. The third-order valence-electron chi connectivity index (χ3n) is 6.61. The van der Waals surface area contributed by atoms with Crippen LogP contribution in [-0.4, -0.2) is 20.6 Å². The van der Waals surface area contributed by atoms with Gasteiger partial charge in [0.1, 0.15) is 23.9 Å². The number of fused-ring (bicyclic) bond motifs is 2. The molecule has 5 rings (SSSR count). The highest BCUT2D eigenvalue weighted by molar-refractivity contribution is 5.68. The van der Waals surface area contributed by atoms with E-state index < -0.39 is 36.4 Å². The van der Waals surface area contributed by atoms with E-state index in [-0.39, 0.29) is 35.1 Å². The topological polar surface area (TPSA) is 61.8 Å². The number of benzene rings is 2. The maximum atomic E-state index is 14.7. The predicted molar refractivity (Wildman–Crippen MR) is 108 cm³/mol. The highest BCUT2D eigenvalue weighted by atomic mass is 19.3. The number of imidazole rings is 1. The van der Waals surface area contributed by atoms with Gasteiger partial charge < -0.3 is 9.67 Å². The van der Waals surface area contributed by atoms with Crippen molar-refractivity contribution in [2.24, 2.45) is 7.05 Å². The highest BCUT2D eigenvalue weighted by Gasteiger charge is 2.50. The fraction of sp³-hybridized carbons (Fsp3) is 0.333. The molecule has 4 nitrogen and oxygen atoms in total. The maximum Gasteiger partial charge on any atom is 0.281 e. The van der Waals surface area contributed by atoms with Gasteiger partial charge >= 0.3 is 0 Å². The Morgan fingerprint density at radius 1 is 1.19 bits per heavy atom. The van der Waals surface area contributed by atoms with E-state index in [1.54, 1.807) is 36.1 Å². The molecule has 0 saturated heterocycles. The van der Waals surface area contributed by atoms with Gasteiger partial charge in [-0.3, -0.25) is 0 Å². The van der Waals surface area contributed by atoms with Crippen LogP contribution in [0.3, 0.4) is 0 Å². The molecule has 0 saturated carbocycles. The van der Waals surface area contributed by atoms with E-state index in [2.05, 4.69) is 4.98 Å². The SMILES string of the molecule is Cn1ccnc1-c1ccc([C@H]2CC[C@H](F)c3cc(F)cc(C#N)c32)c2c1[C@H](O)C(F)(F)C2. The molecular formula is C24H19F4N3O. The summed E-state index contributed by atoms with van der Waals surface area (Å²) < 4.78 is 59.8. The molecule has 1 N–H and O–H groups in total. The van der Waals surface area contributed by atoms with Gasteiger partial charge in [-0.1, -0.05) is 12.1 Å². The summed E-state index contributed by atoms with van der Waals surface area (Å²) >= 11 is 0. The van der Waals surface area contributed by atoms with Gasteiger partial charge in [0, 0.05) is 42.9 Å². The second-order valence-corrected chi connectivity index (χ2v) is 8.46. The normalized spacial score (nSPS) is 23.5. The Morgan fingerprint density at radius 3 is 2.66 bits per heavy atom. The predicted octanol–water partition coefficient (Wildman–Crippen LogP) is 5.26. The van der Waals surface area contributed by atoms with Crippen molar-refractivity contribution < 1.29 is 22.7 Å². The molecule has 0 fully saturated rings. The second kappa shape index (κ2) is 7.17. The van der Waals surface area contributed by atoms with Crippen molar-refractivity contribution >= 4 is 0 Å². The van der Waals surface area contributed by atoms with Crippen molar-refractivity contribution in [2.45, 2.75) is 43.4 Å². The van der Waals surface area contributed by atoms with Gasteiger partial charge in [0.25, 0.3) is 5.92 Å². The summed E-state index contributed by atoms with van der Waals surface area (Å²) in [5.41, 5.74) is 1.72. The van der Waals surface area contributed by atoms with Crippen LogP contribution < -0.4 is 0 Å². The number of halogens is 4. The van der Waals surface area contributed by atoms with Crippen LogP contribution in [0.4, 0.5) is 17.6 Å². The molecule has 32 heavy (non-hydrogen) atoms. The Balaban J connectivity index is 1.75. The van der Waals surface area contributed by atoms with Gasteiger partial charge in [0.2, 0.25) is 0 Å². The summed E-state index contributed by atoms with van der Waals surface area (Å²) in [6, 6.07) is 7.39. The molecule has 0 bridgehead atoms. The first-order valence-corrected chi connectivity index (χ1v) is 10.3. The number of hydrogen-bond donors (Lipinski definition) is 1. The molecule has 8 heteroatoms. The first-order chi connectivity index (χ1) is 15.2. The van der Waals surface area contributed by atoms with E-state index >= 15 is 0 Å². The summed E-state index contributed by atoms with van der Waals surface area (Å²) in [6.45, 7) is 0. The molecule has 0 aliphatic heterocycles. The maximum absolute atomic E-state index is 14.7. The van der Waals surface area contributed by atoms with Crippen molar-refractivity contribution in [3.05, 3.63) is 75.9 Å². The number of rotatable bonds is 2. The zero-order valence-corrected chi connectivity index (χ0v) is 17.1. The smallest absolute Gasteiger partial charge is 0.281 e. The Labute approximate surface area is 181 Å². The number of aryl methyl sites for hydroxylation is 1. The largest absolute Gasteiger partial charge is 0.382 e. The first-order valence-electron chi connectivity index (χ1n) is 10.3. The summed E-state index contributed by atoms with van der Waals surface area (Å²) in [5.74, 6) is -4.20. The Hall–Kier alpha value is -3.18. The number of nitrogens with zero attached hydrogens (tertiary/aromatic N) is 3. The molecule has 3 atom stereocenters.